The first-order valence-corrected chi connectivity index (χ1v) is 4.62. The predicted octanol–water partition coefficient (Wildman–Crippen LogP) is 3.79. The molecular formula is C12H16. The summed E-state index contributed by atoms with van der Waals surface area (Å²) >= 11 is 0. The fourth-order valence-corrected chi connectivity index (χ4v) is 1.09. The minimum Gasteiger partial charge on any atom is -0.0879 e. The molecule has 0 aromatic heterocycles. The lowest BCUT2D eigenvalue weighted by atomic mass is 10.2. The third-order valence-electron chi connectivity index (χ3n) is 1.76. The van der Waals surface area contributed by atoms with Crippen molar-refractivity contribution in [1.82, 2.24) is 0 Å². The standard InChI is InChI=1S/C12H16/c1-2-4-6-8-10-12-11-9-7-5-3-1/h1-4,7,9-10,12H,5-6,8,11H2/b3-1?,4-2?,9-7-,12-10-. The Bertz CT molecular complexity index is 204. The molecule has 0 heterocycles. The van der Waals surface area contributed by atoms with Crippen molar-refractivity contribution in [3.8, 4) is 0 Å². The second-order valence-electron chi connectivity index (χ2n) is 2.85. The van der Waals surface area contributed by atoms with E-state index in [4.69, 9.17) is 0 Å². The second-order valence-corrected chi connectivity index (χ2v) is 2.85. The lowest BCUT2D eigenvalue weighted by molar-refractivity contribution is 1.04. The molecule has 0 spiro atoms. The molecule has 0 saturated heterocycles. The van der Waals surface area contributed by atoms with E-state index in [1.54, 1.807) is 0 Å². The quantitative estimate of drug-likeness (QED) is 0.473. The second kappa shape index (κ2) is 6.66. The molecule has 0 aromatic rings. The summed E-state index contributed by atoms with van der Waals surface area (Å²) in [5, 5.41) is 0. The Labute approximate surface area is 75.0 Å². The molecule has 0 atom stereocenters. The summed E-state index contributed by atoms with van der Waals surface area (Å²) in [4.78, 5) is 0. The Hall–Kier alpha value is -1.04. The lowest BCUT2D eigenvalue weighted by Gasteiger charge is -1.88. The van der Waals surface area contributed by atoms with Crippen LogP contribution in [0.3, 0.4) is 0 Å². The monoisotopic (exact) mass is 160 g/mol. The molecule has 0 aromatic carbocycles. The molecule has 0 radical (unpaired) electrons. The molecule has 12 heavy (non-hydrogen) atoms. The molecule has 0 aliphatic heterocycles. The first-order chi connectivity index (χ1) is 6.00. The molecule has 0 N–H and O–H groups in total. The number of rotatable bonds is 0. The van der Waals surface area contributed by atoms with Crippen molar-refractivity contribution in [3.63, 3.8) is 0 Å². The molecule has 1 rings (SSSR count). The van der Waals surface area contributed by atoms with Crippen molar-refractivity contribution in [2.75, 3.05) is 0 Å². The van der Waals surface area contributed by atoms with Gasteiger partial charge in [0.25, 0.3) is 0 Å². The number of hydrogen-bond acceptors (Lipinski definition) is 0. The van der Waals surface area contributed by atoms with Gasteiger partial charge in [-0.3, -0.25) is 0 Å². The van der Waals surface area contributed by atoms with Crippen molar-refractivity contribution in [1.29, 1.82) is 0 Å². The van der Waals surface area contributed by atoms with Gasteiger partial charge in [0.2, 0.25) is 0 Å². The first-order valence-electron chi connectivity index (χ1n) is 4.62. The Morgan fingerprint density at radius 3 is 2.00 bits per heavy atom. The molecule has 0 amide bonds. The zero-order chi connectivity index (χ0) is 8.49. The molecule has 0 nitrogen and oxygen atoms in total. The average molecular weight is 160 g/mol. The van der Waals surface area contributed by atoms with E-state index in [1.165, 1.54) is 0 Å². The normalized spacial score (nSPS) is 24.0. The van der Waals surface area contributed by atoms with Gasteiger partial charge in [0.05, 0.1) is 0 Å². The van der Waals surface area contributed by atoms with Crippen LogP contribution in [-0.2, 0) is 0 Å². The lowest BCUT2D eigenvalue weighted by Crippen LogP contribution is -1.67. The molecule has 1 aliphatic rings. The van der Waals surface area contributed by atoms with Crippen molar-refractivity contribution < 1.29 is 0 Å². The van der Waals surface area contributed by atoms with Gasteiger partial charge in [-0.05, 0) is 25.7 Å². The van der Waals surface area contributed by atoms with E-state index in [-0.39, 0.29) is 0 Å². The molecule has 0 fully saturated rings. The van der Waals surface area contributed by atoms with Gasteiger partial charge in [0.1, 0.15) is 0 Å². The minimum atomic E-state index is 1.05. The van der Waals surface area contributed by atoms with E-state index in [2.05, 4.69) is 48.6 Å². The van der Waals surface area contributed by atoms with E-state index >= 15 is 0 Å². The van der Waals surface area contributed by atoms with Gasteiger partial charge < -0.3 is 0 Å². The highest BCUT2D eigenvalue weighted by atomic mass is 13.8. The largest absolute Gasteiger partial charge is 0.0879 e. The maximum absolute atomic E-state index is 2.25. The van der Waals surface area contributed by atoms with Gasteiger partial charge in [-0.25, -0.2) is 0 Å². The van der Waals surface area contributed by atoms with E-state index in [0.29, 0.717) is 0 Å². The van der Waals surface area contributed by atoms with Crippen LogP contribution in [-0.4, -0.2) is 0 Å². The fraction of sp³-hybridized carbons (Fsp3) is 0.333. The molecule has 1 aliphatic carbocycles. The van der Waals surface area contributed by atoms with Crippen LogP contribution in [0.2, 0.25) is 0 Å². The maximum atomic E-state index is 2.25. The topological polar surface area (TPSA) is 0 Å². The van der Waals surface area contributed by atoms with E-state index in [1.807, 2.05) is 0 Å². The van der Waals surface area contributed by atoms with Crippen LogP contribution in [0.4, 0.5) is 0 Å². The van der Waals surface area contributed by atoms with Gasteiger partial charge >= 0.3 is 0 Å². The van der Waals surface area contributed by atoms with Crippen LogP contribution in [0, 0.1) is 0 Å². The highest BCUT2D eigenvalue weighted by molar-refractivity contribution is 5.06. The molecule has 0 unspecified atom stereocenters. The number of allylic oxidation sites excluding steroid dienone is 8. The first kappa shape index (κ1) is 9.05. The summed E-state index contributed by atoms with van der Waals surface area (Å²) in [6.07, 6.45) is 22.0. The van der Waals surface area contributed by atoms with Gasteiger partial charge in [-0.2, -0.15) is 0 Å². The Kier molecular flexibility index (Phi) is 5.02. The van der Waals surface area contributed by atoms with E-state index in [9.17, 15) is 0 Å². The van der Waals surface area contributed by atoms with Gasteiger partial charge in [0.15, 0.2) is 0 Å². The maximum Gasteiger partial charge on any atom is -0.0166 e. The smallest absolute Gasteiger partial charge is 0.0166 e. The molecule has 64 valence electrons. The van der Waals surface area contributed by atoms with Crippen LogP contribution in [0.5, 0.6) is 0 Å². The summed E-state index contributed by atoms with van der Waals surface area (Å²) in [5.74, 6) is 0. The fourth-order valence-electron chi connectivity index (χ4n) is 1.09. The zero-order valence-electron chi connectivity index (χ0n) is 7.45. The van der Waals surface area contributed by atoms with Crippen molar-refractivity contribution in [2.24, 2.45) is 0 Å². The third kappa shape index (κ3) is 4.73. The number of hydrogen-bond donors (Lipinski definition) is 0. The summed E-state index contributed by atoms with van der Waals surface area (Å²) < 4.78 is 0. The molecule has 0 saturated carbocycles. The Morgan fingerprint density at radius 1 is 0.500 bits per heavy atom. The molecule has 0 bridgehead atoms. The van der Waals surface area contributed by atoms with E-state index in [0.717, 1.165) is 25.7 Å². The van der Waals surface area contributed by atoms with Crippen LogP contribution >= 0.6 is 0 Å². The summed E-state index contributed by atoms with van der Waals surface area (Å²) in [6.45, 7) is 0. The summed E-state index contributed by atoms with van der Waals surface area (Å²) in [5.41, 5.74) is 0. The van der Waals surface area contributed by atoms with E-state index < -0.39 is 0 Å². The highest BCUT2D eigenvalue weighted by Gasteiger charge is 1.77. The summed E-state index contributed by atoms with van der Waals surface area (Å²) in [7, 11) is 0. The zero-order valence-corrected chi connectivity index (χ0v) is 7.45. The third-order valence-corrected chi connectivity index (χ3v) is 1.76. The van der Waals surface area contributed by atoms with Gasteiger partial charge in [-0.15, -0.1) is 0 Å². The van der Waals surface area contributed by atoms with Gasteiger partial charge in [0, 0.05) is 0 Å². The van der Waals surface area contributed by atoms with Crippen LogP contribution in [0.15, 0.2) is 48.6 Å². The highest BCUT2D eigenvalue weighted by Crippen LogP contribution is 1.98. The van der Waals surface area contributed by atoms with Gasteiger partial charge in [-0.1, -0.05) is 48.6 Å². The SMILES string of the molecule is C1=CC/C=C\C/C=C\CCC=C1. The van der Waals surface area contributed by atoms with Crippen LogP contribution in [0.25, 0.3) is 0 Å². The van der Waals surface area contributed by atoms with Crippen LogP contribution in [0.1, 0.15) is 25.7 Å². The Balaban J connectivity index is 2.41. The Morgan fingerprint density at radius 2 is 1.08 bits per heavy atom. The average Bonchev–Trinajstić information content (AvgIpc) is 2.05. The van der Waals surface area contributed by atoms with Crippen molar-refractivity contribution >= 4 is 0 Å². The van der Waals surface area contributed by atoms with Crippen molar-refractivity contribution in [2.45, 2.75) is 25.7 Å². The minimum absolute atomic E-state index is 1.05. The van der Waals surface area contributed by atoms with Crippen molar-refractivity contribution in [3.05, 3.63) is 48.6 Å². The predicted molar refractivity (Wildman–Crippen MR) is 55.0 cm³/mol. The molecule has 0 heteroatoms. The molecular weight excluding hydrogens is 144 g/mol. The van der Waals surface area contributed by atoms with Crippen LogP contribution < -0.4 is 0 Å². The summed E-state index contributed by atoms with van der Waals surface area (Å²) in [6, 6.07) is 0.